The molecule has 0 aromatic heterocycles. The summed E-state index contributed by atoms with van der Waals surface area (Å²) in [6.07, 6.45) is 7.23. The van der Waals surface area contributed by atoms with Crippen LogP contribution >= 0.6 is 0 Å². The zero-order chi connectivity index (χ0) is 14.8. The molecule has 0 radical (unpaired) electrons. The average Bonchev–Trinajstić information content (AvgIpc) is 2.71. The van der Waals surface area contributed by atoms with Gasteiger partial charge in [-0.3, -0.25) is 14.4 Å². The first-order valence-corrected chi connectivity index (χ1v) is 7.91. The quantitative estimate of drug-likeness (QED) is 0.779. The van der Waals surface area contributed by atoms with Crippen LogP contribution in [0.2, 0.25) is 0 Å². The van der Waals surface area contributed by atoms with Gasteiger partial charge in [0.05, 0.1) is 0 Å². The zero-order valence-corrected chi connectivity index (χ0v) is 12.1. The molecule has 110 valence electrons. The molecule has 0 heterocycles. The minimum Gasteiger partial charge on any atom is -0.298 e. The van der Waals surface area contributed by atoms with Crippen molar-refractivity contribution in [3.63, 3.8) is 0 Å². The smallest absolute Gasteiger partial charge is 0.181 e. The van der Waals surface area contributed by atoms with Gasteiger partial charge in [0, 0.05) is 17.0 Å². The van der Waals surface area contributed by atoms with E-state index in [1.807, 2.05) is 0 Å². The Balaban J connectivity index is 1.82. The summed E-state index contributed by atoms with van der Waals surface area (Å²) in [5.41, 5.74) is 0.846. The van der Waals surface area contributed by atoms with Gasteiger partial charge in [-0.2, -0.15) is 0 Å². The van der Waals surface area contributed by atoms with Gasteiger partial charge in [-0.05, 0) is 12.8 Å². The summed E-state index contributed by atoms with van der Waals surface area (Å²) < 4.78 is 0. The number of hydrogen-bond acceptors (Lipinski definition) is 3. The molecule has 1 fully saturated rings. The van der Waals surface area contributed by atoms with Gasteiger partial charge < -0.3 is 0 Å². The number of carbonyl (C=O) groups is 3. The fourth-order valence-electron chi connectivity index (χ4n) is 3.58. The molecule has 1 aromatic rings. The highest BCUT2D eigenvalue weighted by Gasteiger charge is 2.44. The minimum absolute atomic E-state index is 0.113. The monoisotopic (exact) mass is 284 g/mol. The number of hydrogen-bond donors (Lipinski definition) is 0. The summed E-state index contributed by atoms with van der Waals surface area (Å²) in [7, 11) is 0. The average molecular weight is 284 g/mol. The van der Waals surface area contributed by atoms with Gasteiger partial charge in [-0.15, -0.1) is 0 Å². The third kappa shape index (κ3) is 2.57. The standard InChI is InChI=1S/C18H20O3/c19-16(12-8-4-2-1-3-5-9-12)15-17(20)13-10-6-7-11-14(13)18(15)21/h6-7,10-12,15H,1-5,8-9H2. The van der Waals surface area contributed by atoms with E-state index in [1.54, 1.807) is 24.3 Å². The Kier molecular flexibility index (Phi) is 4.00. The Morgan fingerprint density at radius 2 is 1.29 bits per heavy atom. The van der Waals surface area contributed by atoms with Gasteiger partial charge >= 0.3 is 0 Å². The lowest BCUT2D eigenvalue weighted by molar-refractivity contribution is -0.124. The summed E-state index contributed by atoms with van der Waals surface area (Å²) in [4.78, 5) is 37.5. The summed E-state index contributed by atoms with van der Waals surface area (Å²) >= 11 is 0. The molecule has 1 aromatic carbocycles. The van der Waals surface area contributed by atoms with Crippen molar-refractivity contribution in [1.82, 2.24) is 0 Å². The Morgan fingerprint density at radius 3 is 1.81 bits per heavy atom. The van der Waals surface area contributed by atoms with Crippen LogP contribution in [0.3, 0.4) is 0 Å². The molecule has 2 aliphatic carbocycles. The van der Waals surface area contributed by atoms with Crippen molar-refractivity contribution in [3.8, 4) is 0 Å². The predicted molar refractivity (Wildman–Crippen MR) is 79.4 cm³/mol. The summed E-state index contributed by atoms with van der Waals surface area (Å²) in [5.74, 6) is -1.89. The van der Waals surface area contributed by atoms with E-state index < -0.39 is 5.92 Å². The van der Waals surface area contributed by atoms with E-state index >= 15 is 0 Å². The molecule has 0 amide bonds. The van der Waals surface area contributed by atoms with E-state index in [1.165, 1.54) is 6.42 Å². The van der Waals surface area contributed by atoms with E-state index in [9.17, 15) is 14.4 Å². The zero-order valence-electron chi connectivity index (χ0n) is 12.1. The second-order valence-electron chi connectivity index (χ2n) is 6.15. The highest BCUT2D eigenvalue weighted by molar-refractivity contribution is 6.35. The number of benzene rings is 1. The first kappa shape index (κ1) is 14.2. The van der Waals surface area contributed by atoms with Crippen molar-refractivity contribution in [1.29, 1.82) is 0 Å². The van der Waals surface area contributed by atoms with Crippen molar-refractivity contribution in [3.05, 3.63) is 35.4 Å². The van der Waals surface area contributed by atoms with Crippen molar-refractivity contribution in [2.24, 2.45) is 11.8 Å². The number of fused-ring (bicyclic) bond motifs is 1. The predicted octanol–water partition coefficient (Wildman–Crippen LogP) is 3.61. The maximum Gasteiger partial charge on any atom is 0.181 e. The molecule has 3 heteroatoms. The molecule has 3 nitrogen and oxygen atoms in total. The summed E-state index contributed by atoms with van der Waals surface area (Å²) in [6.45, 7) is 0. The van der Waals surface area contributed by atoms with Crippen molar-refractivity contribution in [2.75, 3.05) is 0 Å². The lowest BCUT2D eigenvalue weighted by atomic mass is 9.81. The molecular formula is C18H20O3. The molecule has 0 bridgehead atoms. The highest BCUT2D eigenvalue weighted by atomic mass is 16.2. The Hall–Kier alpha value is -1.77. The molecule has 3 rings (SSSR count). The second-order valence-corrected chi connectivity index (χ2v) is 6.15. The van der Waals surface area contributed by atoms with Crippen LogP contribution in [-0.4, -0.2) is 17.3 Å². The topological polar surface area (TPSA) is 51.2 Å². The van der Waals surface area contributed by atoms with E-state index in [0.717, 1.165) is 38.5 Å². The fraction of sp³-hybridized carbons (Fsp3) is 0.500. The third-order valence-electron chi connectivity index (χ3n) is 4.77. The molecule has 21 heavy (non-hydrogen) atoms. The summed E-state index contributed by atoms with van der Waals surface area (Å²) in [6, 6.07) is 6.79. The van der Waals surface area contributed by atoms with Crippen molar-refractivity contribution >= 4 is 17.3 Å². The molecule has 1 saturated carbocycles. The molecule has 0 N–H and O–H groups in total. The van der Waals surface area contributed by atoms with Gasteiger partial charge in [0.25, 0.3) is 0 Å². The minimum atomic E-state index is -1.06. The fourth-order valence-corrected chi connectivity index (χ4v) is 3.58. The lowest BCUT2D eigenvalue weighted by Gasteiger charge is -2.20. The first-order chi connectivity index (χ1) is 10.2. The van der Waals surface area contributed by atoms with E-state index in [-0.39, 0.29) is 23.3 Å². The number of Topliss-reactive ketones (excluding diaryl/α,β-unsaturated/α-hetero) is 3. The van der Waals surface area contributed by atoms with Gasteiger partial charge in [0.15, 0.2) is 17.3 Å². The van der Waals surface area contributed by atoms with Crippen LogP contribution in [0.25, 0.3) is 0 Å². The Morgan fingerprint density at radius 1 is 0.810 bits per heavy atom. The molecule has 0 saturated heterocycles. The van der Waals surface area contributed by atoms with Crippen LogP contribution in [0.15, 0.2) is 24.3 Å². The third-order valence-corrected chi connectivity index (χ3v) is 4.77. The molecule has 2 aliphatic rings. The van der Waals surface area contributed by atoms with Gasteiger partial charge in [-0.25, -0.2) is 0 Å². The van der Waals surface area contributed by atoms with E-state index in [2.05, 4.69) is 0 Å². The molecule has 0 unspecified atom stereocenters. The van der Waals surface area contributed by atoms with Crippen LogP contribution < -0.4 is 0 Å². The number of ketones is 3. The van der Waals surface area contributed by atoms with Crippen molar-refractivity contribution in [2.45, 2.75) is 44.9 Å². The van der Waals surface area contributed by atoms with Gasteiger partial charge in [-0.1, -0.05) is 56.4 Å². The van der Waals surface area contributed by atoms with E-state index in [4.69, 9.17) is 0 Å². The molecular weight excluding hydrogens is 264 g/mol. The Bertz CT molecular complexity index is 545. The Labute approximate surface area is 124 Å². The van der Waals surface area contributed by atoms with Crippen molar-refractivity contribution < 1.29 is 14.4 Å². The SMILES string of the molecule is O=C1c2ccccc2C(=O)C1C(=O)C1CCCCCCC1. The van der Waals surface area contributed by atoms with Crippen LogP contribution in [0.4, 0.5) is 0 Å². The maximum absolute atomic E-state index is 12.7. The van der Waals surface area contributed by atoms with Gasteiger partial charge in [0.1, 0.15) is 5.92 Å². The van der Waals surface area contributed by atoms with Gasteiger partial charge in [0.2, 0.25) is 0 Å². The normalized spacial score (nSPS) is 21.0. The van der Waals surface area contributed by atoms with Crippen LogP contribution in [0.1, 0.15) is 65.7 Å². The van der Waals surface area contributed by atoms with E-state index in [0.29, 0.717) is 11.1 Å². The molecule has 0 atom stereocenters. The second kappa shape index (κ2) is 5.92. The largest absolute Gasteiger partial charge is 0.298 e. The summed E-state index contributed by atoms with van der Waals surface area (Å²) in [5, 5.41) is 0. The van der Waals surface area contributed by atoms with Crippen LogP contribution in [0.5, 0.6) is 0 Å². The first-order valence-electron chi connectivity index (χ1n) is 7.91. The maximum atomic E-state index is 12.7. The highest BCUT2D eigenvalue weighted by Crippen LogP contribution is 2.32. The molecule has 0 spiro atoms. The molecule has 0 aliphatic heterocycles. The lowest BCUT2D eigenvalue weighted by Crippen LogP contribution is -2.31. The van der Waals surface area contributed by atoms with Crippen LogP contribution in [-0.2, 0) is 4.79 Å². The van der Waals surface area contributed by atoms with Crippen LogP contribution in [0, 0.1) is 11.8 Å². The number of rotatable bonds is 2. The number of carbonyl (C=O) groups excluding carboxylic acids is 3.